The van der Waals surface area contributed by atoms with Crippen molar-refractivity contribution < 1.29 is 14.2 Å². The fourth-order valence-electron chi connectivity index (χ4n) is 7.54. The Hall–Kier alpha value is -3.27. The molecule has 1 aromatic carbocycles. The number of benzene rings is 1. The van der Waals surface area contributed by atoms with Gasteiger partial charge in [-0.15, -0.1) is 0 Å². The van der Waals surface area contributed by atoms with E-state index in [1.54, 1.807) is 6.07 Å². The third kappa shape index (κ3) is 4.44. The number of nitrogens with one attached hydrogen (secondary N) is 1. The van der Waals surface area contributed by atoms with E-state index >= 15 is 0 Å². The maximum atomic E-state index is 9.60. The van der Waals surface area contributed by atoms with Crippen LogP contribution in [0.2, 0.25) is 0 Å². The molecule has 1 spiro atoms. The average molecular weight is 563 g/mol. The van der Waals surface area contributed by atoms with Crippen molar-refractivity contribution in [1.29, 1.82) is 5.26 Å². The molecule has 0 saturated carbocycles. The number of morpholine rings is 2. The molecule has 5 aliphatic rings. The zero-order chi connectivity index (χ0) is 28.4. The van der Waals surface area contributed by atoms with Crippen molar-refractivity contribution in [1.82, 2.24) is 20.2 Å². The molecular weight excluding hydrogens is 529 g/mol. The standard InChI is InChI=1S/C31H34BN7O3/c1-19-11-39(26-4-2-20(9-33)29-24(26)3-5-28(32)36-29)13-23(42-19)12-37-17-31(18-37)30-21(16-41-31)8-22(10-35-30)38-14-25-27(15-38)40-7-6-34-25/h2-5,8,10,19,23,25,27,34H,6-7,11-18H2,1H3/t19-,23+,25-,27-/m1/s1. The summed E-state index contributed by atoms with van der Waals surface area (Å²) in [6, 6.07) is 12.5. The molecule has 1 N–H and O–H groups in total. The maximum absolute atomic E-state index is 9.60. The second-order valence-corrected chi connectivity index (χ2v) is 12.4. The van der Waals surface area contributed by atoms with Crippen LogP contribution in [0, 0.1) is 11.3 Å². The minimum atomic E-state index is -0.327. The van der Waals surface area contributed by atoms with Gasteiger partial charge in [-0.3, -0.25) is 14.9 Å². The first kappa shape index (κ1) is 26.4. The number of nitriles is 1. The molecule has 42 heavy (non-hydrogen) atoms. The number of nitrogens with zero attached hydrogens (tertiary/aromatic N) is 6. The van der Waals surface area contributed by atoms with Gasteiger partial charge in [0.15, 0.2) is 0 Å². The SMILES string of the molecule is [B]c1ccc2c(N3C[C@H](CN4CC5(C4)OCc4cc(N6C[C@H]7NCCO[C@@H]7C6)cnc45)O[C@H](C)C3)ccc(C#N)c2n1. The first-order valence-electron chi connectivity index (χ1n) is 14.9. The lowest BCUT2D eigenvalue weighted by molar-refractivity contribution is -0.157. The smallest absolute Gasteiger partial charge is 0.141 e. The Kier molecular flexibility index (Phi) is 6.39. The summed E-state index contributed by atoms with van der Waals surface area (Å²) in [7, 11) is 5.95. The molecule has 214 valence electrons. The highest BCUT2D eigenvalue weighted by Crippen LogP contribution is 2.44. The maximum Gasteiger partial charge on any atom is 0.141 e. The zero-order valence-electron chi connectivity index (χ0n) is 23.8. The minimum absolute atomic E-state index is 0.0456. The molecule has 8 rings (SSSR count). The lowest BCUT2D eigenvalue weighted by atomic mass is 9.88. The van der Waals surface area contributed by atoms with E-state index in [4.69, 9.17) is 27.0 Å². The van der Waals surface area contributed by atoms with Gasteiger partial charge in [0, 0.05) is 69.0 Å². The van der Waals surface area contributed by atoms with Crippen LogP contribution in [-0.4, -0.2) is 106 Å². The number of ether oxygens (including phenoxy) is 3. The highest BCUT2D eigenvalue weighted by molar-refractivity contribution is 6.31. The Morgan fingerprint density at radius 2 is 2.05 bits per heavy atom. The molecule has 4 fully saturated rings. The predicted octanol–water partition coefficient (Wildman–Crippen LogP) is 0.807. The summed E-state index contributed by atoms with van der Waals surface area (Å²) < 4.78 is 18.8. The Morgan fingerprint density at radius 1 is 1.14 bits per heavy atom. The number of rotatable bonds is 4. The molecular formula is C31H34BN7O3. The van der Waals surface area contributed by atoms with Gasteiger partial charge in [-0.2, -0.15) is 5.26 Å². The number of pyridine rings is 2. The molecule has 10 nitrogen and oxygen atoms in total. The second-order valence-electron chi connectivity index (χ2n) is 12.4. The molecule has 3 aromatic rings. The van der Waals surface area contributed by atoms with E-state index in [1.165, 1.54) is 5.56 Å². The van der Waals surface area contributed by atoms with Crippen LogP contribution in [0.5, 0.6) is 0 Å². The number of likely N-dealkylation sites (tertiary alicyclic amines) is 1. The van der Waals surface area contributed by atoms with Gasteiger partial charge in [0.2, 0.25) is 0 Å². The normalized spacial score (nSPS) is 28.5. The lowest BCUT2D eigenvalue weighted by Gasteiger charge is -2.49. The highest BCUT2D eigenvalue weighted by atomic mass is 16.5. The predicted molar refractivity (Wildman–Crippen MR) is 159 cm³/mol. The van der Waals surface area contributed by atoms with Crippen molar-refractivity contribution in [3.8, 4) is 6.07 Å². The van der Waals surface area contributed by atoms with Gasteiger partial charge in [-0.1, -0.05) is 6.07 Å². The van der Waals surface area contributed by atoms with Gasteiger partial charge in [-0.25, -0.2) is 0 Å². The molecule has 4 atom stereocenters. The lowest BCUT2D eigenvalue weighted by Crippen LogP contribution is -2.62. The van der Waals surface area contributed by atoms with E-state index in [-0.39, 0.29) is 23.9 Å². The largest absolute Gasteiger partial charge is 0.373 e. The number of hydrogen-bond acceptors (Lipinski definition) is 10. The number of anilines is 2. The molecule has 0 bridgehead atoms. The highest BCUT2D eigenvalue weighted by Gasteiger charge is 2.52. The van der Waals surface area contributed by atoms with Crippen molar-refractivity contribution in [3.63, 3.8) is 0 Å². The molecule has 4 saturated heterocycles. The van der Waals surface area contributed by atoms with Crippen LogP contribution in [0.15, 0.2) is 36.5 Å². The zero-order valence-corrected chi connectivity index (χ0v) is 23.8. The van der Waals surface area contributed by atoms with Crippen molar-refractivity contribution in [2.45, 2.75) is 43.5 Å². The van der Waals surface area contributed by atoms with Crippen LogP contribution in [0.25, 0.3) is 10.9 Å². The topological polar surface area (TPSA) is 99.0 Å². The molecule has 11 heteroatoms. The van der Waals surface area contributed by atoms with E-state index in [2.05, 4.69) is 44.1 Å². The first-order chi connectivity index (χ1) is 20.5. The summed E-state index contributed by atoms with van der Waals surface area (Å²) >= 11 is 0. The summed E-state index contributed by atoms with van der Waals surface area (Å²) in [6.45, 7) is 10.3. The van der Waals surface area contributed by atoms with Gasteiger partial charge in [0.1, 0.15) is 19.5 Å². The van der Waals surface area contributed by atoms with Crippen molar-refractivity contribution >= 4 is 35.7 Å². The molecule has 2 aromatic heterocycles. The molecule has 5 aliphatic heterocycles. The van der Waals surface area contributed by atoms with Crippen LogP contribution in [0.4, 0.5) is 11.4 Å². The summed E-state index contributed by atoms with van der Waals surface area (Å²) in [5.41, 5.74) is 5.77. The Labute approximate surface area is 246 Å². The van der Waals surface area contributed by atoms with E-state index in [9.17, 15) is 5.26 Å². The summed E-state index contributed by atoms with van der Waals surface area (Å²) in [5.74, 6) is 0. The van der Waals surface area contributed by atoms with Crippen molar-refractivity contribution in [2.24, 2.45) is 0 Å². The van der Waals surface area contributed by atoms with Gasteiger partial charge < -0.3 is 29.3 Å². The molecule has 0 amide bonds. The van der Waals surface area contributed by atoms with Crippen molar-refractivity contribution in [2.75, 3.05) is 68.8 Å². The van der Waals surface area contributed by atoms with Crippen LogP contribution < -0.4 is 20.7 Å². The van der Waals surface area contributed by atoms with Gasteiger partial charge in [0.25, 0.3) is 0 Å². The third-order valence-electron chi connectivity index (χ3n) is 9.42. The quantitative estimate of drug-likeness (QED) is 0.460. The number of fused-ring (bicyclic) bond motifs is 4. The van der Waals surface area contributed by atoms with E-state index in [1.807, 2.05) is 24.4 Å². The van der Waals surface area contributed by atoms with Crippen LogP contribution in [0.3, 0.4) is 0 Å². The van der Waals surface area contributed by atoms with E-state index in [0.29, 0.717) is 29.3 Å². The Morgan fingerprint density at radius 3 is 2.90 bits per heavy atom. The van der Waals surface area contributed by atoms with Crippen molar-refractivity contribution in [3.05, 3.63) is 53.3 Å². The molecule has 0 aliphatic carbocycles. The summed E-state index contributed by atoms with van der Waals surface area (Å²) in [6.07, 6.45) is 2.39. The Bertz CT molecular complexity index is 1560. The fraction of sp³-hybridized carbons (Fsp3) is 0.516. The summed E-state index contributed by atoms with van der Waals surface area (Å²) in [5, 5.41) is 14.1. The van der Waals surface area contributed by atoms with Crippen LogP contribution in [-0.2, 0) is 26.4 Å². The number of hydrogen-bond donors (Lipinski definition) is 1. The molecule has 0 unspecified atom stereocenters. The van der Waals surface area contributed by atoms with Crippen LogP contribution in [0.1, 0.15) is 23.7 Å². The number of aromatic nitrogens is 2. The van der Waals surface area contributed by atoms with E-state index in [0.717, 1.165) is 81.4 Å². The monoisotopic (exact) mass is 563 g/mol. The molecule has 2 radical (unpaired) electrons. The second kappa shape index (κ2) is 10.2. The molecule has 7 heterocycles. The van der Waals surface area contributed by atoms with Crippen LogP contribution >= 0.6 is 0 Å². The van der Waals surface area contributed by atoms with Gasteiger partial charge >= 0.3 is 0 Å². The van der Waals surface area contributed by atoms with Gasteiger partial charge in [-0.05, 0) is 36.8 Å². The average Bonchev–Trinajstić information content (AvgIpc) is 3.58. The fourth-order valence-corrected chi connectivity index (χ4v) is 7.54. The van der Waals surface area contributed by atoms with Gasteiger partial charge in [0.05, 0.1) is 66.2 Å². The Balaban J connectivity index is 0.940. The first-order valence-corrected chi connectivity index (χ1v) is 14.9. The third-order valence-corrected chi connectivity index (χ3v) is 9.42. The van der Waals surface area contributed by atoms with E-state index < -0.39 is 0 Å². The minimum Gasteiger partial charge on any atom is -0.373 e. The summed E-state index contributed by atoms with van der Waals surface area (Å²) in [4.78, 5) is 16.6.